The lowest BCUT2D eigenvalue weighted by Crippen LogP contribution is -2.08. The lowest BCUT2D eigenvalue weighted by molar-refractivity contribution is 1.30. The van der Waals surface area contributed by atoms with E-state index in [9.17, 15) is 0 Å². The molecule has 0 saturated heterocycles. The number of rotatable bonds is 7. The van der Waals surface area contributed by atoms with Crippen molar-refractivity contribution in [2.75, 3.05) is 4.31 Å². The molecule has 4 aromatic carbocycles. The van der Waals surface area contributed by atoms with Gasteiger partial charge in [0.05, 0.1) is 17.1 Å². The number of anilines is 2. The maximum Gasteiger partial charge on any atom is 0.0964 e. The van der Waals surface area contributed by atoms with E-state index in [0.29, 0.717) is 10.0 Å². The molecule has 6 heteroatoms. The normalized spacial score (nSPS) is 10.6. The summed E-state index contributed by atoms with van der Waals surface area (Å²) >= 11 is 15.6. The highest BCUT2D eigenvalue weighted by Gasteiger charge is 2.17. The predicted molar refractivity (Wildman–Crippen MR) is 131 cm³/mol. The molecular weight excluding hydrogens is 451 g/mol. The lowest BCUT2D eigenvalue weighted by atomic mass is 10.2. The fourth-order valence-corrected chi connectivity index (χ4v) is 4.61. The maximum atomic E-state index is 6.39. The van der Waals surface area contributed by atoms with Crippen LogP contribution in [0.5, 0.6) is 0 Å². The van der Waals surface area contributed by atoms with Gasteiger partial charge in [-0.15, -0.1) is 0 Å². The summed E-state index contributed by atoms with van der Waals surface area (Å²) in [6.45, 7) is 0. The highest BCUT2D eigenvalue weighted by molar-refractivity contribution is 8.01. The SMILES string of the molecule is Clc1ccc(N(Sc2ccccc2)c2cc(Cl)ccc2[N]Sc2ccccc2)cc1. The zero-order valence-electron chi connectivity index (χ0n) is 15.8. The number of hydrogen-bond donors (Lipinski definition) is 0. The zero-order chi connectivity index (χ0) is 20.8. The van der Waals surface area contributed by atoms with Crippen molar-refractivity contribution in [3.63, 3.8) is 0 Å². The summed E-state index contributed by atoms with van der Waals surface area (Å²) in [5.74, 6) is 0. The van der Waals surface area contributed by atoms with E-state index in [2.05, 4.69) is 16.4 Å². The number of hydrogen-bond acceptors (Lipinski definition) is 3. The van der Waals surface area contributed by atoms with Crippen LogP contribution in [0.4, 0.5) is 17.1 Å². The smallest absolute Gasteiger partial charge is 0.0964 e. The second-order valence-electron chi connectivity index (χ2n) is 6.30. The Labute approximate surface area is 195 Å². The first-order valence-electron chi connectivity index (χ1n) is 9.20. The van der Waals surface area contributed by atoms with Crippen molar-refractivity contribution in [1.29, 1.82) is 0 Å². The minimum atomic E-state index is 0.654. The molecule has 0 unspecified atom stereocenters. The molecular formula is C24H17Cl2N2S2. The maximum absolute atomic E-state index is 6.39. The van der Waals surface area contributed by atoms with Crippen molar-refractivity contribution in [1.82, 2.24) is 4.72 Å². The van der Waals surface area contributed by atoms with Gasteiger partial charge in [-0.2, -0.15) is 0 Å². The highest BCUT2D eigenvalue weighted by atomic mass is 35.5. The molecule has 0 N–H and O–H groups in total. The van der Waals surface area contributed by atoms with Crippen molar-refractivity contribution < 1.29 is 0 Å². The molecule has 0 fully saturated rings. The van der Waals surface area contributed by atoms with Crippen molar-refractivity contribution in [2.45, 2.75) is 9.79 Å². The Kier molecular flexibility index (Phi) is 7.13. The average Bonchev–Trinajstić information content (AvgIpc) is 2.79. The van der Waals surface area contributed by atoms with E-state index >= 15 is 0 Å². The van der Waals surface area contributed by atoms with E-state index in [1.165, 1.54) is 11.9 Å². The van der Waals surface area contributed by atoms with Gasteiger partial charge >= 0.3 is 0 Å². The first-order valence-corrected chi connectivity index (χ1v) is 11.5. The van der Waals surface area contributed by atoms with Crippen LogP contribution < -0.4 is 9.03 Å². The van der Waals surface area contributed by atoms with Gasteiger partial charge in [0.25, 0.3) is 0 Å². The highest BCUT2D eigenvalue weighted by Crippen LogP contribution is 2.43. The topological polar surface area (TPSA) is 17.3 Å². The van der Waals surface area contributed by atoms with Crippen molar-refractivity contribution in [3.8, 4) is 0 Å². The Hall–Kier alpha value is -2.24. The van der Waals surface area contributed by atoms with Gasteiger partial charge in [0.2, 0.25) is 0 Å². The van der Waals surface area contributed by atoms with Crippen LogP contribution in [0.2, 0.25) is 10.0 Å². The Morgan fingerprint density at radius 1 is 0.633 bits per heavy atom. The van der Waals surface area contributed by atoms with E-state index in [0.717, 1.165) is 26.9 Å². The molecule has 30 heavy (non-hydrogen) atoms. The van der Waals surface area contributed by atoms with Crippen LogP contribution in [0.3, 0.4) is 0 Å². The van der Waals surface area contributed by atoms with Crippen LogP contribution >= 0.6 is 47.1 Å². The molecule has 0 aliphatic rings. The van der Waals surface area contributed by atoms with Crippen molar-refractivity contribution in [3.05, 3.63) is 113 Å². The van der Waals surface area contributed by atoms with E-state index in [4.69, 9.17) is 27.9 Å². The summed E-state index contributed by atoms with van der Waals surface area (Å²) in [7, 11) is 0. The van der Waals surface area contributed by atoms with E-state index in [-0.39, 0.29) is 0 Å². The number of benzene rings is 4. The Bertz CT molecular complexity index is 1090. The molecule has 0 aromatic heterocycles. The monoisotopic (exact) mass is 467 g/mol. The van der Waals surface area contributed by atoms with Gasteiger partial charge < -0.3 is 0 Å². The minimum absolute atomic E-state index is 0.654. The Morgan fingerprint density at radius 3 is 1.90 bits per heavy atom. The fraction of sp³-hybridized carbons (Fsp3) is 0. The first kappa shape index (κ1) is 21.0. The van der Waals surface area contributed by atoms with Crippen molar-refractivity contribution >= 4 is 64.2 Å². The molecule has 0 aliphatic carbocycles. The third-order valence-electron chi connectivity index (χ3n) is 4.15. The second-order valence-corrected chi connectivity index (χ2v) is 9.03. The largest absolute Gasteiger partial charge is 0.278 e. The molecule has 1 radical (unpaired) electrons. The summed E-state index contributed by atoms with van der Waals surface area (Å²) in [5, 5.41) is 1.35. The van der Waals surface area contributed by atoms with Crippen LogP contribution in [-0.2, 0) is 0 Å². The van der Waals surface area contributed by atoms with Crippen LogP contribution in [0, 0.1) is 0 Å². The van der Waals surface area contributed by atoms with Gasteiger partial charge in [-0.3, -0.25) is 4.31 Å². The third-order valence-corrected chi connectivity index (χ3v) is 6.48. The molecule has 0 aliphatic heterocycles. The molecule has 2 nitrogen and oxygen atoms in total. The third kappa shape index (κ3) is 5.46. The summed E-state index contributed by atoms with van der Waals surface area (Å²) in [6.07, 6.45) is 0. The summed E-state index contributed by atoms with van der Waals surface area (Å²) < 4.78 is 6.93. The zero-order valence-corrected chi connectivity index (χ0v) is 18.9. The van der Waals surface area contributed by atoms with Crippen LogP contribution in [-0.4, -0.2) is 0 Å². The standard InChI is InChI=1S/C24H17Cl2N2S2/c25-18-11-14-20(15-12-18)28(30-22-9-5-2-6-10-22)24-17-19(26)13-16-23(24)27-29-21-7-3-1-4-8-21/h1-17H. The molecule has 0 atom stereocenters. The molecule has 0 bridgehead atoms. The Morgan fingerprint density at radius 2 is 1.23 bits per heavy atom. The number of nitrogens with zero attached hydrogens (tertiary/aromatic N) is 2. The quantitative estimate of drug-likeness (QED) is 0.252. The van der Waals surface area contributed by atoms with Gasteiger partial charge in [-0.05, 0) is 78.7 Å². The average molecular weight is 468 g/mol. The van der Waals surface area contributed by atoms with Gasteiger partial charge in [0.15, 0.2) is 0 Å². The lowest BCUT2D eigenvalue weighted by Gasteiger charge is -2.25. The number of halogens is 2. The molecule has 0 spiro atoms. The summed E-state index contributed by atoms with van der Waals surface area (Å²) in [5.41, 5.74) is 2.73. The van der Waals surface area contributed by atoms with E-state index in [1.807, 2.05) is 91.0 Å². The van der Waals surface area contributed by atoms with Crippen LogP contribution in [0.1, 0.15) is 0 Å². The van der Waals surface area contributed by atoms with Crippen LogP contribution in [0.25, 0.3) is 0 Å². The summed E-state index contributed by atoms with van der Waals surface area (Å²) in [4.78, 5) is 2.18. The molecule has 4 rings (SSSR count). The van der Waals surface area contributed by atoms with Gasteiger partial charge in [-0.25, -0.2) is 4.72 Å². The van der Waals surface area contributed by atoms with Gasteiger partial charge in [-0.1, -0.05) is 59.6 Å². The molecule has 4 aromatic rings. The Balaban J connectivity index is 1.71. The summed E-state index contributed by atoms with van der Waals surface area (Å²) in [6, 6.07) is 33.8. The second kappa shape index (κ2) is 10.2. The van der Waals surface area contributed by atoms with Crippen molar-refractivity contribution in [2.24, 2.45) is 0 Å². The molecule has 149 valence electrons. The van der Waals surface area contributed by atoms with Gasteiger partial charge in [0.1, 0.15) is 0 Å². The van der Waals surface area contributed by atoms with Gasteiger partial charge in [0, 0.05) is 31.8 Å². The predicted octanol–water partition coefficient (Wildman–Crippen LogP) is 8.78. The molecule has 0 amide bonds. The van der Waals surface area contributed by atoms with Crippen LogP contribution in [0.15, 0.2) is 113 Å². The van der Waals surface area contributed by atoms with E-state index in [1.54, 1.807) is 11.9 Å². The fourth-order valence-electron chi connectivity index (χ4n) is 2.72. The molecule has 0 saturated carbocycles. The van der Waals surface area contributed by atoms with E-state index < -0.39 is 0 Å². The first-order chi connectivity index (χ1) is 14.7. The minimum Gasteiger partial charge on any atom is -0.278 e. The molecule has 0 heterocycles.